The van der Waals surface area contributed by atoms with Crippen molar-refractivity contribution in [2.45, 2.75) is 6.42 Å². The summed E-state index contributed by atoms with van der Waals surface area (Å²) < 4.78 is 18.2. The molecule has 0 bridgehead atoms. The van der Waals surface area contributed by atoms with Crippen LogP contribution in [0.2, 0.25) is 0 Å². The zero-order chi connectivity index (χ0) is 16.2. The quantitative estimate of drug-likeness (QED) is 0.943. The molecule has 0 saturated carbocycles. The van der Waals surface area contributed by atoms with Crippen LogP contribution < -0.4 is 15.0 Å². The lowest BCUT2D eigenvalue weighted by atomic mass is 10.2. The summed E-state index contributed by atoms with van der Waals surface area (Å²) in [5, 5.41) is 2.67. The van der Waals surface area contributed by atoms with Crippen molar-refractivity contribution in [2.75, 3.05) is 23.4 Å². The van der Waals surface area contributed by atoms with Crippen LogP contribution in [-0.4, -0.2) is 25.0 Å². The predicted molar refractivity (Wildman–Crippen MR) is 83.9 cm³/mol. The van der Waals surface area contributed by atoms with Gasteiger partial charge in [-0.25, -0.2) is 4.39 Å². The van der Waals surface area contributed by atoms with Crippen molar-refractivity contribution in [3.63, 3.8) is 0 Å². The fourth-order valence-electron chi connectivity index (χ4n) is 2.37. The number of hydrogen-bond acceptors (Lipinski definition) is 3. The SMILES string of the molecule is O=C(CCN1C(=O)COc2ccccc21)Nc1ccc(F)cc1. The molecule has 0 aliphatic carbocycles. The molecule has 0 atom stereocenters. The molecular weight excluding hydrogens is 299 g/mol. The lowest BCUT2D eigenvalue weighted by Gasteiger charge is -2.29. The maximum Gasteiger partial charge on any atom is 0.265 e. The Morgan fingerprint density at radius 1 is 1.17 bits per heavy atom. The summed E-state index contributed by atoms with van der Waals surface area (Å²) >= 11 is 0. The highest BCUT2D eigenvalue weighted by atomic mass is 19.1. The van der Waals surface area contributed by atoms with Crippen LogP contribution in [-0.2, 0) is 9.59 Å². The van der Waals surface area contributed by atoms with Gasteiger partial charge < -0.3 is 15.0 Å². The van der Waals surface area contributed by atoms with E-state index < -0.39 is 0 Å². The van der Waals surface area contributed by atoms with Crippen LogP contribution in [0.1, 0.15) is 6.42 Å². The number of nitrogens with one attached hydrogen (secondary N) is 1. The van der Waals surface area contributed by atoms with Crippen molar-refractivity contribution in [3.05, 3.63) is 54.3 Å². The van der Waals surface area contributed by atoms with E-state index in [9.17, 15) is 14.0 Å². The predicted octanol–water partition coefficient (Wildman–Crippen LogP) is 2.58. The maximum absolute atomic E-state index is 12.8. The smallest absolute Gasteiger partial charge is 0.265 e. The topological polar surface area (TPSA) is 58.6 Å². The molecule has 118 valence electrons. The normalized spacial score (nSPS) is 13.3. The molecule has 0 saturated heterocycles. The van der Waals surface area contributed by atoms with E-state index in [-0.39, 0.29) is 37.2 Å². The van der Waals surface area contributed by atoms with Crippen molar-refractivity contribution in [1.82, 2.24) is 0 Å². The first-order valence-electron chi connectivity index (χ1n) is 7.21. The minimum absolute atomic E-state index is 0.0312. The molecule has 23 heavy (non-hydrogen) atoms. The molecule has 0 spiro atoms. The van der Waals surface area contributed by atoms with Crippen LogP contribution >= 0.6 is 0 Å². The van der Waals surface area contributed by atoms with Crippen LogP contribution in [0.3, 0.4) is 0 Å². The number of carbonyl (C=O) groups excluding carboxylic acids is 2. The standard InChI is InChI=1S/C17H15FN2O3/c18-12-5-7-13(8-6-12)19-16(21)9-10-20-14-3-1-2-4-15(14)23-11-17(20)22/h1-8H,9-11H2,(H,19,21). The zero-order valence-corrected chi connectivity index (χ0v) is 12.3. The lowest BCUT2D eigenvalue weighted by Crippen LogP contribution is -2.40. The number of halogens is 1. The van der Waals surface area contributed by atoms with Gasteiger partial charge in [-0.2, -0.15) is 0 Å². The van der Waals surface area contributed by atoms with E-state index in [0.29, 0.717) is 17.1 Å². The van der Waals surface area contributed by atoms with Crippen LogP contribution in [0.25, 0.3) is 0 Å². The number of carbonyl (C=O) groups is 2. The Kier molecular flexibility index (Phi) is 4.23. The third kappa shape index (κ3) is 3.48. The molecule has 5 nitrogen and oxygen atoms in total. The van der Waals surface area contributed by atoms with Gasteiger partial charge >= 0.3 is 0 Å². The number of para-hydroxylation sites is 2. The third-order valence-electron chi connectivity index (χ3n) is 3.50. The van der Waals surface area contributed by atoms with Crippen molar-refractivity contribution in [2.24, 2.45) is 0 Å². The molecule has 2 amide bonds. The summed E-state index contributed by atoms with van der Waals surface area (Å²) in [6, 6.07) is 12.7. The monoisotopic (exact) mass is 314 g/mol. The molecule has 0 fully saturated rings. The Labute approximate surface area is 132 Å². The fraction of sp³-hybridized carbons (Fsp3) is 0.176. The number of amides is 2. The average Bonchev–Trinajstić information content (AvgIpc) is 2.56. The van der Waals surface area contributed by atoms with Gasteiger partial charge in [-0.15, -0.1) is 0 Å². The molecule has 0 unspecified atom stereocenters. The van der Waals surface area contributed by atoms with Gasteiger partial charge in [-0.05, 0) is 36.4 Å². The Balaban J connectivity index is 1.62. The van der Waals surface area contributed by atoms with Gasteiger partial charge in [0.1, 0.15) is 11.6 Å². The second-order valence-corrected chi connectivity index (χ2v) is 5.11. The van der Waals surface area contributed by atoms with E-state index in [4.69, 9.17) is 4.74 Å². The first-order chi connectivity index (χ1) is 11.1. The number of ether oxygens (including phenoxy) is 1. The third-order valence-corrected chi connectivity index (χ3v) is 3.50. The van der Waals surface area contributed by atoms with E-state index >= 15 is 0 Å². The largest absolute Gasteiger partial charge is 0.482 e. The lowest BCUT2D eigenvalue weighted by molar-refractivity contribution is -0.121. The van der Waals surface area contributed by atoms with Gasteiger partial charge in [0.2, 0.25) is 5.91 Å². The average molecular weight is 314 g/mol. The van der Waals surface area contributed by atoms with Gasteiger partial charge in [-0.3, -0.25) is 9.59 Å². The highest BCUT2D eigenvalue weighted by Crippen LogP contribution is 2.31. The van der Waals surface area contributed by atoms with Crippen molar-refractivity contribution < 1.29 is 18.7 Å². The molecule has 1 N–H and O–H groups in total. The van der Waals surface area contributed by atoms with Crippen LogP contribution in [0.5, 0.6) is 5.75 Å². The summed E-state index contributed by atoms with van der Waals surface area (Å²) in [4.78, 5) is 25.5. The minimum Gasteiger partial charge on any atom is -0.482 e. The van der Waals surface area contributed by atoms with Crippen molar-refractivity contribution in [3.8, 4) is 5.75 Å². The van der Waals surface area contributed by atoms with E-state index in [1.54, 1.807) is 17.0 Å². The van der Waals surface area contributed by atoms with Crippen LogP contribution in [0.4, 0.5) is 15.8 Å². The molecule has 2 aromatic carbocycles. The molecule has 3 rings (SSSR count). The maximum atomic E-state index is 12.8. The van der Waals surface area contributed by atoms with Gasteiger partial charge in [-0.1, -0.05) is 12.1 Å². The molecule has 2 aromatic rings. The second kappa shape index (κ2) is 6.48. The summed E-state index contributed by atoms with van der Waals surface area (Å²) in [7, 11) is 0. The summed E-state index contributed by atoms with van der Waals surface area (Å²) in [5.74, 6) is -0.156. The minimum atomic E-state index is -0.362. The molecule has 1 aliphatic rings. The van der Waals surface area contributed by atoms with Gasteiger partial charge in [0.15, 0.2) is 6.61 Å². The Morgan fingerprint density at radius 3 is 2.70 bits per heavy atom. The molecule has 1 heterocycles. The van der Waals surface area contributed by atoms with Gasteiger partial charge in [0, 0.05) is 18.7 Å². The summed E-state index contributed by atoms with van der Waals surface area (Å²) in [5.41, 5.74) is 1.18. The second-order valence-electron chi connectivity index (χ2n) is 5.11. The highest BCUT2D eigenvalue weighted by Gasteiger charge is 2.25. The first kappa shape index (κ1) is 15.0. The zero-order valence-electron chi connectivity index (χ0n) is 12.3. The number of anilines is 2. The molecule has 0 radical (unpaired) electrons. The van der Waals surface area contributed by atoms with Crippen LogP contribution in [0.15, 0.2) is 48.5 Å². The highest BCUT2D eigenvalue weighted by molar-refractivity contribution is 5.99. The van der Waals surface area contributed by atoms with E-state index in [1.807, 2.05) is 12.1 Å². The van der Waals surface area contributed by atoms with Crippen LogP contribution in [0, 0.1) is 5.82 Å². The number of fused-ring (bicyclic) bond motifs is 1. The molecular formula is C17H15FN2O3. The number of hydrogen-bond donors (Lipinski definition) is 1. The fourth-order valence-corrected chi connectivity index (χ4v) is 2.37. The van der Waals surface area contributed by atoms with E-state index in [0.717, 1.165) is 0 Å². The Morgan fingerprint density at radius 2 is 1.91 bits per heavy atom. The Hall–Kier alpha value is -2.89. The van der Waals surface area contributed by atoms with Gasteiger partial charge in [0.25, 0.3) is 5.91 Å². The molecule has 1 aliphatic heterocycles. The van der Waals surface area contributed by atoms with Crippen molar-refractivity contribution >= 4 is 23.2 Å². The van der Waals surface area contributed by atoms with E-state index in [2.05, 4.69) is 5.32 Å². The summed E-state index contributed by atoms with van der Waals surface area (Å²) in [6.07, 6.45) is 0.136. The van der Waals surface area contributed by atoms with E-state index in [1.165, 1.54) is 24.3 Å². The number of rotatable bonds is 4. The summed E-state index contributed by atoms with van der Waals surface area (Å²) in [6.45, 7) is 0.225. The van der Waals surface area contributed by atoms with Crippen molar-refractivity contribution in [1.29, 1.82) is 0 Å². The number of nitrogens with zero attached hydrogens (tertiary/aromatic N) is 1. The first-order valence-corrected chi connectivity index (χ1v) is 7.21. The number of benzene rings is 2. The van der Waals surface area contributed by atoms with Gasteiger partial charge in [0.05, 0.1) is 5.69 Å². The Bertz CT molecular complexity index is 731. The molecule has 0 aromatic heterocycles. The molecule has 6 heteroatoms.